The van der Waals surface area contributed by atoms with Gasteiger partial charge in [-0.2, -0.15) is 0 Å². The van der Waals surface area contributed by atoms with E-state index in [-0.39, 0.29) is 5.97 Å². The molecule has 0 aliphatic carbocycles. The smallest absolute Gasteiger partial charge is 0.326 e. The third kappa shape index (κ3) is 3.72. The number of nitrogens with zero attached hydrogens (tertiary/aromatic N) is 1. The number of nitrogens with one attached hydrogen (secondary N) is 1. The van der Waals surface area contributed by atoms with Gasteiger partial charge in [-0.1, -0.05) is 12.8 Å². The molecule has 1 saturated heterocycles. The molecular formula is C14H24N2O2. The van der Waals surface area contributed by atoms with Crippen molar-refractivity contribution < 1.29 is 9.53 Å². The Morgan fingerprint density at radius 3 is 2.61 bits per heavy atom. The van der Waals surface area contributed by atoms with Gasteiger partial charge in [0.15, 0.2) is 0 Å². The second-order valence-electron chi connectivity index (χ2n) is 4.70. The monoisotopic (exact) mass is 252 g/mol. The topological polar surface area (TPSA) is 41.6 Å². The van der Waals surface area contributed by atoms with E-state index in [0.29, 0.717) is 13.2 Å². The Kier molecular flexibility index (Phi) is 6.17. The SMILES string of the molecule is C#CCNC1(C(=O)OCC)CCN(CCC)CC1. The lowest BCUT2D eigenvalue weighted by molar-refractivity contribution is -0.153. The number of rotatable bonds is 6. The van der Waals surface area contributed by atoms with Crippen molar-refractivity contribution in [1.29, 1.82) is 0 Å². The Balaban J connectivity index is 2.64. The maximum absolute atomic E-state index is 12.1. The molecule has 1 rings (SSSR count). The molecule has 1 N–H and O–H groups in total. The van der Waals surface area contributed by atoms with Crippen molar-refractivity contribution in [2.45, 2.75) is 38.6 Å². The van der Waals surface area contributed by atoms with E-state index in [9.17, 15) is 4.79 Å². The summed E-state index contributed by atoms with van der Waals surface area (Å²) < 4.78 is 5.19. The van der Waals surface area contributed by atoms with Crippen molar-refractivity contribution >= 4 is 5.97 Å². The average Bonchev–Trinajstić information content (AvgIpc) is 2.39. The molecule has 1 fully saturated rings. The molecule has 0 radical (unpaired) electrons. The number of piperidine rings is 1. The summed E-state index contributed by atoms with van der Waals surface area (Å²) in [6, 6.07) is 0. The van der Waals surface area contributed by atoms with Gasteiger partial charge in [0.25, 0.3) is 0 Å². The minimum atomic E-state index is -0.577. The molecule has 0 unspecified atom stereocenters. The summed E-state index contributed by atoms with van der Waals surface area (Å²) in [6.07, 6.45) is 7.96. The number of hydrogen-bond acceptors (Lipinski definition) is 4. The normalized spacial score (nSPS) is 19.2. The van der Waals surface area contributed by atoms with Gasteiger partial charge < -0.3 is 9.64 Å². The highest BCUT2D eigenvalue weighted by atomic mass is 16.5. The van der Waals surface area contributed by atoms with Crippen molar-refractivity contribution in [3.63, 3.8) is 0 Å². The fourth-order valence-corrected chi connectivity index (χ4v) is 2.42. The lowest BCUT2D eigenvalue weighted by Crippen LogP contribution is -2.59. The third-order valence-electron chi connectivity index (χ3n) is 3.44. The Hall–Kier alpha value is -1.05. The largest absolute Gasteiger partial charge is 0.465 e. The number of hydrogen-bond donors (Lipinski definition) is 1. The molecule has 0 aromatic carbocycles. The lowest BCUT2D eigenvalue weighted by atomic mass is 9.87. The van der Waals surface area contributed by atoms with Gasteiger partial charge in [-0.3, -0.25) is 10.1 Å². The molecule has 4 heteroatoms. The Labute approximate surface area is 110 Å². The zero-order valence-corrected chi connectivity index (χ0v) is 11.5. The Morgan fingerprint density at radius 2 is 2.11 bits per heavy atom. The summed E-state index contributed by atoms with van der Waals surface area (Å²) in [5.41, 5.74) is -0.577. The van der Waals surface area contributed by atoms with Crippen LogP contribution in [0.3, 0.4) is 0 Å². The highest BCUT2D eigenvalue weighted by molar-refractivity contribution is 5.81. The highest BCUT2D eigenvalue weighted by Gasteiger charge is 2.41. The van der Waals surface area contributed by atoms with Crippen LogP contribution in [0.5, 0.6) is 0 Å². The first-order valence-electron chi connectivity index (χ1n) is 6.76. The molecule has 4 nitrogen and oxygen atoms in total. The molecule has 0 spiro atoms. The van der Waals surface area contributed by atoms with E-state index in [2.05, 4.69) is 23.1 Å². The number of esters is 1. The summed E-state index contributed by atoms with van der Waals surface area (Å²) in [5.74, 6) is 2.38. The zero-order valence-electron chi connectivity index (χ0n) is 11.5. The minimum Gasteiger partial charge on any atom is -0.465 e. The summed E-state index contributed by atoms with van der Waals surface area (Å²) in [6.45, 7) is 7.76. The summed E-state index contributed by atoms with van der Waals surface area (Å²) in [7, 11) is 0. The van der Waals surface area contributed by atoms with Crippen LogP contribution in [0.2, 0.25) is 0 Å². The van der Waals surface area contributed by atoms with E-state index < -0.39 is 5.54 Å². The summed E-state index contributed by atoms with van der Waals surface area (Å²) >= 11 is 0. The first-order valence-corrected chi connectivity index (χ1v) is 6.76. The molecule has 1 aliphatic heterocycles. The highest BCUT2D eigenvalue weighted by Crippen LogP contribution is 2.24. The quantitative estimate of drug-likeness (QED) is 0.566. The molecule has 18 heavy (non-hydrogen) atoms. The Morgan fingerprint density at radius 1 is 1.44 bits per heavy atom. The van der Waals surface area contributed by atoms with Gasteiger partial charge in [-0.25, -0.2) is 0 Å². The third-order valence-corrected chi connectivity index (χ3v) is 3.44. The van der Waals surface area contributed by atoms with Crippen LogP contribution in [0.4, 0.5) is 0 Å². The van der Waals surface area contributed by atoms with Crippen LogP contribution >= 0.6 is 0 Å². The fourth-order valence-electron chi connectivity index (χ4n) is 2.42. The number of terminal acetylenes is 1. The molecule has 1 heterocycles. The number of likely N-dealkylation sites (tertiary alicyclic amines) is 1. The van der Waals surface area contributed by atoms with E-state index in [1.54, 1.807) is 0 Å². The van der Waals surface area contributed by atoms with Gasteiger partial charge in [0.05, 0.1) is 13.2 Å². The number of ether oxygens (including phenoxy) is 1. The van der Waals surface area contributed by atoms with Crippen LogP contribution in [-0.2, 0) is 9.53 Å². The maximum atomic E-state index is 12.1. The molecule has 0 atom stereocenters. The number of carbonyl (C=O) groups is 1. The van der Waals surface area contributed by atoms with Gasteiger partial charge in [0, 0.05) is 13.1 Å². The van der Waals surface area contributed by atoms with Crippen molar-refractivity contribution in [3.05, 3.63) is 0 Å². The molecule has 0 amide bonds. The predicted octanol–water partition coefficient (Wildman–Crippen LogP) is 1.02. The Bertz CT molecular complexity index is 301. The van der Waals surface area contributed by atoms with E-state index in [1.165, 1.54) is 0 Å². The standard InChI is InChI=1S/C14H24N2O2/c1-4-9-15-14(13(17)18-6-3)7-11-16(10-5-2)12-8-14/h1,15H,5-12H2,2-3H3. The summed E-state index contributed by atoms with van der Waals surface area (Å²) in [5, 5.41) is 3.19. The van der Waals surface area contributed by atoms with Crippen LogP contribution < -0.4 is 5.32 Å². The van der Waals surface area contributed by atoms with Crippen LogP contribution in [0.15, 0.2) is 0 Å². The van der Waals surface area contributed by atoms with Crippen LogP contribution in [0.1, 0.15) is 33.1 Å². The van der Waals surface area contributed by atoms with E-state index >= 15 is 0 Å². The molecular weight excluding hydrogens is 228 g/mol. The van der Waals surface area contributed by atoms with Gasteiger partial charge in [0.2, 0.25) is 0 Å². The minimum absolute atomic E-state index is 0.156. The molecule has 0 aromatic heterocycles. The van der Waals surface area contributed by atoms with Gasteiger partial charge in [0.1, 0.15) is 5.54 Å². The lowest BCUT2D eigenvalue weighted by Gasteiger charge is -2.40. The molecule has 0 saturated carbocycles. The van der Waals surface area contributed by atoms with Crippen LogP contribution in [0.25, 0.3) is 0 Å². The zero-order chi connectivity index (χ0) is 13.4. The van der Waals surface area contributed by atoms with E-state index in [0.717, 1.165) is 38.9 Å². The van der Waals surface area contributed by atoms with Crippen LogP contribution in [0, 0.1) is 12.3 Å². The first-order chi connectivity index (χ1) is 8.68. The summed E-state index contributed by atoms with van der Waals surface area (Å²) in [4.78, 5) is 14.5. The fraction of sp³-hybridized carbons (Fsp3) is 0.786. The van der Waals surface area contributed by atoms with Gasteiger partial charge >= 0.3 is 5.97 Å². The number of carbonyl (C=O) groups excluding carboxylic acids is 1. The van der Waals surface area contributed by atoms with Crippen molar-refractivity contribution in [3.8, 4) is 12.3 Å². The first kappa shape index (κ1) is 15.0. The average molecular weight is 252 g/mol. The van der Waals surface area contributed by atoms with E-state index in [1.807, 2.05) is 6.92 Å². The van der Waals surface area contributed by atoms with Gasteiger partial charge in [-0.05, 0) is 32.7 Å². The van der Waals surface area contributed by atoms with Crippen molar-refractivity contribution in [2.24, 2.45) is 0 Å². The molecule has 1 aliphatic rings. The second kappa shape index (κ2) is 7.40. The molecule has 0 aromatic rings. The van der Waals surface area contributed by atoms with Crippen molar-refractivity contribution in [1.82, 2.24) is 10.2 Å². The maximum Gasteiger partial charge on any atom is 0.326 e. The molecule has 102 valence electrons. The van der Waals surface area contributed by atoms with Gasteiger partial charge in [-0.15, -0.1) is 6.42 Å². The van der Waals surface area contributed by atoms with Crippen LogP contribution in [-0.4, -0.2) is 49.2 Å². The molecule has 0 bridgehead atoms. The van der Waals surface area contributed by atoms with E-state index in [4.69, 9.17) is 11.2 Å². The van der Waals surface area contributed by atoms with Crippen molar-refractivity contribution in [2.75, 3.05) is 32.8 Å². The predicted molar refractivity (Wildman–Crippen MR) is 72.2 cm³/mol. The second-order valence-corrected chi connectivity index (χ2v) is 4.70.